The molecule has 0 aromatic heterocycles. The van der Waals surface area contributed by atoms with E-state index < -0.39 is 23.9 Å². The van der Waals surface area contributed by atoms with Crippen LogP contribution in [0.4, 0.5) is 0 Å². The van der Waals surface area contributed by atoms with Gasteiger partial charge in [0.1, 0.15) is 0 Å². The van der Waals surface area contributed by atoms with Gasteiger partial charge in [0.15, 0.2) is 0 Å². The van der Waals surface area contributed by atoms with E-state index in [1.807, 2.05) is 0 Å². The van der Waals surface area contributed by atoms with Crippen LogP contribution in [0.2, 0.25) is 0 Å². The maximum absolute atomic E-state index is 11.0. The molecule has 4 rings (SSSR count). The van der Waals surface area contributed by atoms with Gasteiger partial charge in [-0.25, -0.2) is 0 Å². The first kappa shape index (κ1) is 40.7. The largest absolute Gasteiger partial charge is 0.481 e. The molecule has 10 nitrogen and oxygen atoms in total. The summed E-state index contributed by atoms with van der Waals surface area (Å²) < 4.78 is 0. The highest BCUT2D eigenvalue weighted by molar-refractivity contribution is 5.70. The molecule has 0 aliphatic heterocycles. The van der Waals surface area contributed by atoms with Crippen LogP contribution in [0, 0.1) is 46.3 Å². The maximum Gasteiger partial charge on any atom is 0.303 e. The Kier molecular flexibility index (Phi) is 15.9. The SMILES string of the molecule is CC(C)CC[C@H](O)[C@@H](C)[C@H]1CC[C@H]2[C@@H]3CC=C4C[C@@H](O)CC[C@]4(C)[C@H]3CC[C@]12C.O=C(O)CCCC(=O)O.O=C(O)CCCC(=O)O. The normalized spacial score (nSPS) is 32.1. The second-order valence-corrected chi connectivity index (χ2v) is 15.6. The summed E-state index contributed by atoms with van der Waals surface area (Å²) >= 11 is 0. The van der Waals surface area contributed by atoms with E-state index >= 15 is 0 Å². The maximum atomic E-state index is 11.0. The number of hydrogen-bond donors (Lipinski definition) is 6. The molecule has 0 aromatic carbocycles. The average Bonchev–Trinajstić information content (AvgIpc) is 3.33. The van der Waals surface area contributed by atoms with Crippen molar-refractivity contribution in [1.29, 1.82) is 0 Å². The zero-order valence-corrected chi connectivity index (χ0v) is 29.3. The van der Waals surface area contributed by atoms with Crippen molar-refractivity contribution >= 4 is 23.9 Å². The second-order valence-electron chi connectivity index (χ2n) is 15.6. The molecule has 270 valence electrons. The van der Waals surface area contributed by atoms with E-state index in [2.05, 4.69) is 40.7 Å². The molecule has 0 amide bonds. The molecule has 0 spiro atoms. The van der Waals surface area contributed by atoms with Crippen LogP contribution in [0.5, 0.6) is 0 Å². The highest BCUT2D eigenvalue weighted by atomic mass is 16.4. The standard InChI is InChI=1S/C27H46O2.2C5H8O4/c1-17(2)6-11-25(29)18(3)22-9-10-23-21-8-7-19-16-20(28)12-14-26(19,4)24(21)13-15-27(22,23)5;2*6-4(7)2-1-3-5(8)9/h7,17-18,20-25,28-29H,6,8-16H2,1-5H3;2*1-3H2,(H,6,7)(H,8,9)/t18-,20-,21-,22+,23-,24-,25-,26-,27+;;/m0../s1. The van der Waals surface area contributed by atoms with Crippen LogP contribution in [0.25, 0.3) is 0 Å². The quantitative estimate of drug-likeness (QED) is 0.112. The Morgan fingerprint density at radius 1 is 0.766 bits per heavy atom. The lowest BCUT2D eigenvalue weighted by Crippen LogP contribution is -2.51. The van der Waals surface area contributed by atoms with Gasteiger partial charge < -0.3 is 30.6 Å². The van der Waals surface area contributed by atoms with Gasteiger partial charge in [0, 0.05) is 25.7 Å². The Morgan fingerprint density at radius 2 is 1.30 bits per heavy atom. The lowest BCUT2D eigenvalue weighted by molar-refractivity contribution is -0.140. The number of carbonyl (C=O) groups is 4. The summed E-state index contributed by atoms with van der Waals surface area (Å²) in [5.41, 5.74) is 2.33. The Labute approximate surface area is 281 Å². The van der Waals surface area contributed by atoms with E-state index in [1.54, 1.807) is 5.57 Å². The van der Waals surface area contributed by atoms with E-state index in [0.717, 1.165) is 43.4 Å². The van der Waals surface area contributed by atoms with Crippen molar-refractivity contribution in [3.05, 3.63) is 11.6 Å². The van der Waals surface area contributed by atoms with Crippen LogP contribution >= 0.6 is 0 Å². The third kappa shape index (κ3) is 11.6. The van der Waals surface area contributed by atoms with Gasteiger partial charge in [0.05, 0.1) is 12.2 Å². The number of aliphatic hydroxyl groups excluding tert-OH is 2. The molecule has 4 aliphatic carbocycles. The van der Waals surface area contributed by atoms with Crippen LogP contribution in [0.3, 0.4) is 0 Å². The van der Waals surface area contributed by atoms with Crippen molar-refractivity contribution in [2.75, 3.05) is 0 Å². The summed E-state index contributed by atoms with van der Waals surface area (Å²) in [4.78, 5) is 39.2. The van der Waals surface area contributed by atoms with Crippen LogP contribution < -0.4 is 0 Å². The van der Waals surface area contributed by atoms with E-state index in [-0.39, 0.29) is 50.7 Å². The molecule has 0 radical (unpaired) electrons. The Bertz CT molecular complexity index is 1030. The monoisotopic (exact) mass is 666 g/mol. The van der Waals surface area contributed by atoms with Gasteiger partial charge in [-0.3, -0.25) is 19.2 Å². The Balaban J connectivity index is 0.000000352. The van der Waals surface area contributed by atoms with E-state index in [0.29, 0.717) is 28.6 Å². The van der Waals surface area contributed by atoms with Gasteiger partial charge in [-0.05, 0) is 123 Å². The molecule has 3 fully saturated rings. The molecule has 0 heterocycles. The lowest BCUT2D eigenvalue weighted by atomic mass is 9.47. The number of rotatable bonds is 13. The fourth-order valence-electron chi connectivity index (χ4n) is 9.36. The molecular formula is C37H62O10. The van der Waals surface area contributed by atoms with Crippen molar-refractivity contribution < 1.29 is 49.8 Å². The Morgan fingerprint density at radius 3 is 1.79 bits per heavy atom. The summed E-state index contributed by atoms with van der Waals surface area (Å²) in [5, 5.41) is 53.3. The molecular weight excluding hydrogens is 604 g/mol. The van der Waals surface area contributed by atoms with Gasteiger partial charge >= 0.3 is 23.9 Å². The van der Waals surface area contributed by atoms with Crippen molar-refractivity contribution in [3.8, 4) is 0 Å². The molecule has 0 saturated heterocycles. The minimum absolute atomic E-state index is 0.0632. The third-order valence-electron chi connectivity index (χ3n) is 12.0. The third-order valence-corrected chi connectivity index (χ3v) is 12.0. The molecule has 4 aliphatic rings. The zero-order valence-electron chi connectivity index (χ0n) is 29.3. The van der Waals surface area contributed by atoms with Gasteiger partial charge in [-0.15, -0.1) is 0 Å². The van der Waals surface area contributed by atoms with E-state index in [9.17, 15) is 29.4 Å². The minimum atomic E-state index is -0.948. The van der Waals surface area contributed by atoms with Gasteiger partial charge in [0.2, 0.25) is 0 Å². The number of fused-ring (bicyclic) bond motifs is 5. The summed E-state index contributed by atoms with van der Waals surface area (Å²) in [6, 6.07) is 0. The first-order valence-electron chi connectivity index (χ1n) is 17.8. The average molecular weight is 667 g/mol. The van der Waals surface area contributed by atoms with Crippen molar-refractivity contribution in [1.82, 2.24) is 0 Å². The summed E-state index contributed by atoms with van der Waals surface area (Å²) in [6.45, 7) is 12.0. The number of hydrogen-bond acceptors (Lipinski definition) is 6. The number of allylic oxidation sites excluding steroid dienone is 1. The molecule has 0 unspecified atom stereocenters. The summed E-state index contributed by atoms with van der Waals surface area (Å²) in [5.74, 6) is 0.456. The van der Waals surface area contributed by atoms with Crippen molar-refractivity contribution in [2.45, 2.75) is 150 Å². The molecule has 3 saturated carbocycles. The topological polar surface area (TPSA) is 190 Å². The van der Waals surface area contributed by atoms with Gasteiger partial charge in [-0.1, -0.05) is 46.3 Å². The molecule has 0 aromatic rings. The van der Waals surface area contributed by atoms with Crippen molar-refractivity contribution in [2.24, 2.45) is 46.3 Å². The second kappa shape index (κ2) is 18.3. The minimum Gasteiger partial charge on any atom is -0.481 e. The van der Waals surface area contributed by atoms with E-state index in [4.69, 9.17) is 20.4 Å². The highest BCUT2D eigenvalue weighted by Gasteiger charge is 2.59. The molecule has 6 N–H and O–H groups in total. The molecule has 0 bridgehead atoms. The predicted octanol–water partition coefficient (Wildman–Crippen LogP) is 7.01. The first-order chi connectivity index (χ1) is 21.9. The van der Waals surface area contributed by atoms with Crippen molar-refractivity contribution in [3.63, 3.8) is 0 Å². The van der Waals surface area contributed by atoms with Crippen LogP contribution in [0.1, 0.15) is 137 Å². The fraction of sp³-hybridized carbons (Fsp3) is 0.838. The number of carboxylic acid groups (broad SMARTS) is 4. The fourth-order valence-corrected chi connectivity index (χ4v) is 9.36. The van der Waals surface area contributed by atoms with Gasteiger partial charge in [0.25, 0.3) is 0 Å². The number of carboxylic acids is 4. The predicted molar refractivity (Wildman–Crippen MR) is 179 cm³/mol. The van der Waals surface area contributed by atoms with Crippen LogP contribution in [-0.4, -0.2) is 66.7 Å². The first-order valence-corrected chi connectivity index (χ1v) is 17.8. The highest BCUT2D eigenvalue weighted by Crippen LogP contribution is 2.67. The van der Waals surface area contributed by atoms with Gasteiger partial charge in [-0.2, -0.15) is 0 Å². The smallest absolute Gasteiger partial charge is 0.303 e. The summed E-state index contributed by atoms with van der Waals surface area (Å²) in [7, 11) is 0. The van der Waals surface area contributed by atoms with Crippen LogP contribution in [-0.2, 0) is 19.2 Å². The lowest BCUT2D eigenvalue weighted by Gasteiger charge is -2.58. The Hall–Kier alpha value is -2.46. The zero-order chi connectivity index (χ0) is 35.5. The summed E-state index contributed by atoms with van der Waals surface area (Å²) in [6.07, 6.45) is 14.3. The van der Waals surface area contributed by atoms with Crippen LogP contribution in [0.15, 0.2) is 11.6 Å². The molecule has 10 heteroatoms. The number of aliphatic hydroxyl groups is 2. The molecule has 9 atom stereocenters. The van der Waals surface area contributed by atoms with E-state index in [1.165, 1.54) is 38.5 Å². The molecule has 47 heavy (non-hydrogen) atoms. The number of aliphatic carboxylic acids is 4.